The first-order valence-corrected chi connectivity index (χ1v) is 6.08. The van der Waals surface area contributed by atoms with Crippen LogP contribution in [0, 0.1) is 0 Å². The van der Waals surface area contributed by atoms with Gasteiger partial charge in [-0.15, -0.1) is 0 Å². The molecule has 1 unspecified atom stereocenters. The van der Waals surface area contributed by atoms with Crippen LogP contribution in [0.2, 0.25) is 0 Å². The Kier molecular flexibility index (Phi) is 3.72. The fourth-order valence-electron chi connectivity index (χ4n) is 1.77. The monoisotopic (exact) mass is 248 g/mol. The average Bonchev–Trinajstić information content (AvgIpc) is 2.30. The van der Waals surface area contributed by atoms with Gasteiger partial charge in [-0.1, -0.05) is 0 Å². The van der Waals surface area contributed by atoms with Crippen LogP contribution in [0.5, 0.6) is 5.75 Å². The molecule has 5 heteroatoms. The van der Waals surface area contributed by atoms with Crippen LogP contribution in [0.4, 0.5) is 11.4 Å². The second kappa shape index (κ2) is 5.27. The van der Waals surface area contributed by atoms with E-state index in [0.717, 1.165) is 30.4 Å². The largest absolute Gasteiger partial charge is 0.481 e. The minimum Gasteiger partial charge on any atom is -0.481 e. The van der Waals surface area contributed by atoms with E-state index in [1.165, 1.54) is 0 Å². The van der Waals surface area contributed by atoms with E-state index >= 15 is 0 Å². The van der Waals surface area contributed by atoms with Gasteiger partial charge in [0.25, 0.3) is 0 Å². The third-order valence-corrected chi connectivity index (χ3v) is 2.78. The van der Waals surface area contributed by atoms with Crippen LogP contribution in [0.1, 0.15) is 6.92 Å². The zero-order valence-electron chi connectivity index (χ0n) is 11.1. The lowest BCUT2D eigenvalue weighted by Crippen LogP contribution is -2.35. The van der Waals surface area contributed by atoms with Gasteiger partial charge in [0.2, 0.25) is 0 Å². The lowest BCUT2D eigenvalue weighted by molar-refractivity contribution is 0.282. The van der Waals surface area contributed by atoms with Gasteiger partial charge in [0, 0.05) is 12.2 Å². The zero-order chi connectivity index (χ0) is 13.1. The highest BCUT2D eigenvalue weighted by atomic mass is 16.5. The number of fused-ring (bicyclic) bond motifs is 1. The van der Waals surface area contributed by atoms with Crippen molar-refractivity contribution < 1.29 is 4.74 Å². The van der Waals surface area contributed by atoms with Gasteiger partial charge in [-0.2, -0.15) is 0 Å². The summed E-state index contributed by atoms with van der Waals surface area (Å²) < 4.78 is 5.79. The van der Waals surface area contributed by atoms with Crippen molar-refractivity contribution in [1.82, 2.24) is 4.90 Å². The SMILES string of the molecule is CC1Oc2ccc(N)cc2NC1=NCCN(C)C. The molecule has 0 saturated carbocycles. The molecule has 5 nitrogen and oxygen atoms in total. The Balaban J connectivity index is 2.11. The van der Waals surface area contributed by atoms with E-state index in [-0.39, 0.29) is 6.10 Å². The predicted molar refractivity (Wildman–Crippen MR) is 75.4 cm³/mol. The van der Waals surface area contributed by atoms with Crippen molar-refractivity contribution in [2.45, 2.75) is 13.0 Å². The number of nitrogens with zero attached hydrogens (tertiary/aromatic N) is 2. The summed E-state index contributed by atoms with van der Waals surface area (Å²) in [6.45, 7) is 3.66. The molecular formula is C13H20N4O. The molecule has 18 heavy (non-hydrogen) atoms. The molecule has 0 spiro atoms. The van der Waals surface area contributed by atoms with Gasteiger partial charge >= 0.3 is 0 Å². The second-order valence-corrected chi connectivity index (χ2v) is 4.71. The second-order valence-electron chi connectivity index (χ2n) is 4.71. The highest BCUT2D eigenvalue weighted by Gasteiger charge is 2.21. The molecule has 1 aliphatic heterocycles. The summed E-state index contributed by atoms with van der Waals surface area (Å²) >= 11 is 0. The summed E-state index contributed by atoms with van der Waals surface area (Å²) in [6, 6.07) is 5.58. The van der Waals surface area contributed by atoms with E-state index in [0.29, 0.717) is 5.69 Å². The van der Waals surface area contributed by atoms with Crippen LogP contribution in [0.15, 0.2) is 23.2 Å². The van der Waals surface area contributed by atoms with Crippen molar-refractivity contribution in [3.63, 3.8) is 0 Å². The van der Waals surface area contributed by atoms with Gasteiger partial charge in [0.15, 0.2) is 6.10 Å². The molecule has 0 aromatic heterocycles. The maximum Gasteiger partial charge on any atom is 0.153 e. The Hall–Kier alpha value is -1.75. The summed E-state index contributed by atoms with van der Waals surface area (Å²) in [5.74, 6) is 1.68. The Morgan fingerprint density at radius 2 is 2.22 bits per heavy atom. The summed E-state index contributed by atoms with van der Waals surface area (Å²) in [7, 11) is 4.06. The number of rotatable bonds is 3. The summed E-state index contributed by atoms with van der Waals surface area (Å²) in [6.07, 6.45) is -0.0525. The van der Waals surface area contributed by atoms with Crippen molar-refractivity contribution in [2.24, 2.45) is 4.99 Å². The number of nitrogens with one attached hydrogen (secondary N) is 1. The third kappa shape index (κ3) is 2.92. The van der Waals surface area contributed by atoms with Crippen molar-refractivity contribution >= 4 is 17.2 Å². The molecule has 0 fully saturated rings. The number of nitrogen functional groups attached to an aromatic ring is 1. The standard InChI is InChI=1S/C13H20N4O/c1-9-13(15-6-7-17(2)3)16-11-8-10(14)4-5-12(11)18-9/h4-5,8-9H,6-7,14H2,1-3H3,(H,15,16). The van der Waals surface area contributed by atoms with Crippen LogP contribution < -0.4 is 15.8 Å². The first-order valence-electron chi connectivity index (χ1n) is 6.08. The lowest BCUT2D eigenvalue weighted by Gasteiger charge is -2.26. The molecule has 0 bridgehead atoms. The molecule has 98 valence electrons. The molecule has 3 N–H and O–H groups in total. The van der Waals surface area contributed by atoms with Crippen LogP contribution in [0.3, 0.4) is 0 Å². The van der Waals surface area contributed by atoms with E-state index in [2.05, 4.69) is 15.2 Å². The average molecular weight is 248 g/mol. The topological polar surface area (TPSA) is 62.9 Å². The number of aliphatic imine (C=N–C) groups is 1. The highest BCUT2D eigenvalue weighted by Crippen LogP contribution is 2.31. The summed E-state index contributed by atoms with van der Waals surface area (Å²) in [5, 5.41) is 3.29. The number of amidine groups is 1. The van der Waals surface area contributed by atoms with Crippen molar-refractivity contribution in [3.8, 4) is 5.75 Å². The fraction of sp³-hybridized carbons (Fsp3) is 0.462. The number of likely N-dealkylation sites (N-methyl/N-ethyl adjacent to an activating group) is 1. The number of nitrogens with two attached hydrogens (primary N) is 1. The van der Waals surface area contributed by atoms with E-state index in [9.17, 15) is 0 Å². The van der Waals surface area contributed by atoms with Gasteiger partial charge in [0.05, 0.1) is 12.2 Å². The van der Waals surface area contributed by atoms with Gasteiger partial charge < -0.3 is 20.7 Å². The number of anilines is 2. The Morgan fingerprint density at radius 1 is 1.44 bits per heavy atom. The number of hydrogen-bond donors (Lipinski definition) is 2. The molecule has 0 radical (unpaired) electrons. The van der Waals surface area contributed by atoms with Gasteiger partial charge in [-0.05, 0) is 39.2 Å². The number of ether oxygens (including phenoxy) is 1. The summed E-state index contributed by atoms with van der Waals surface area (Å²) in [4.78, 5) is 6.63. The molecule has 0 amide bonds. The summed E-state index contributed by atoms with van der Waals surface area (Å²) in [5.41, 5.74) is 7.36. The highest BCUT2D eigenvalue weighted by molar-refractivity contribution is 6.02. The minimum atomic E-state index is -0.0525. The molecule has 0 saturated heterocycles. The lowest BCUT2D eigenvalue weighted by atomic mass is 10.2. The molecule has 1 atom stereocenters. The number of benzene rings is 1. The van der Waals surface area contributed by atoms with E-state index < -0.39 is 0 Å². The Bertz CT molecular complexity index is 456. The van der Waals surface area contributed by atoms with Gasteiger partial charge in [-0.3, -0.25) is 4.99 Å². The number of hydrogen-bond acceptors (Lipinski definition) is 4. The van der Waals surface area contributed by atoms with Crippen LogP contribution >= 0.6 is 0 Å². The molecule has 1 aromatic rings. The van der Waals surface area contributed by atoms with Crippen molar-refractivity contribution in [2.75, 3.05) is 38.2 Å². The molecule has 1 heterocycles. The van der Waals surface area contributed by atoms with E-state index in [4.69, 9.17) is 10.5 Å². The predicted octanol–water partition coefficient (Wildman–Crippen LogP) is 1.42. The molecule has 1 aliphatic rings. The third-order valence-electron chi connectivity index (χ3n) is 2.78. The molecule has 1 aromatic carbocycles. The minimum absolute atomic E-state index is 0.0525. The Labute approximate surface area is 108 Å². The van der Waals surface area contributed by atoms with Crippen molar-refractivity contribution in [3.05, 3.63) is 18.2 Å². The van der Waals surface area contributed by atoms with E-state index in [1.807, 2.05) is 39.2 Å². The quantitative estimate of drug-likeness (QED) is 0.794. The Morgan fingerprint density at radius 3 is 2.94 bits per heavy atom. The smallest absolute Gasteiger partial charge is 0.153 e. The maximum absolute atomic E-state index is 5.79. The van der Waals surface area contributed by atoms with Gasteiger partial charge in [-0.25, -0.2) is 0 Å². The first-order chi connectivity index (χ1) is 8.56. The fourth-order valence-corrected chi connectivity index (χ4v) is 1.77. The van der Waals surface area contributed by atoms with Gasteiger partial charge in [0.1, 0.15) is 11.6 Å². The zero-order valence-corrected chi connectivity index (χ0v) is 11.1. The maximum atomic E-state index is 5.79. The van der Waals surface area contributed by atoms with Crippen molar-refractivity contribution in [1.29, 1.82) is 0 Å². The molecular weight excluding hydrogens is 228 g/mol. The molecule has 2 rings (SSSR count). The van der Waals surface area contributed by atoms with Crippen LogP contribution in [-0.2, 0) is 0 Å². The van der Waals surface area contributed by atoms with Crippen LogP contribution in [0.25, 0.3) is 0 Å². The van der Waals surface area contributed by atoms with E-state index in [1.54, 1.807) is 0 Å². The normalized spacial score (nSPS) is 20.4. The first kappa shape index (κ1) is 12.7. The van der Waals surface area contributed by atoms with Crippen LogP contribution in [-0.4, -0.2) is 44.0 Å². The molecule has 0 aliphatic carbocycles.